The molecule has 0 aliphatic carbocycles. The summed E-state index contributed by atoms with van der Waals surface area (Å²) in [4.78, 5) is 13.5. The molecular formula is C13H18FN3O. The topological polar surface area (TPSA) is 58.4 Å². The second-order valence-electron chi connectivity index (χ2n) is 4.53. The number of halogens is 1. The van der Waals surface area contributed by atoms with Gasteiger partial charge in [-0.1, -0.05) is 6.07 Å². The average molecular weight is 251 g/mol. The zero-order valence-electron chi connectivity index (χ0n) is 10.3. The van der Waals surface area contributed by atoms with Gasteiger partial charge in [-0.25, -0.2) is 4.39 Å². The molecule has 0 unspecified atom stereocenters. The van der Waals surface area contributed by atoms with Gasteiger partial charge in [-0.2, -0.15) is 0 Å². The van der Waals surface area contributed by atoms with Crippen molar-refractivity contribution < 1.29 is 9.18 Å². The fraction of sp³-hybridized carbons (Fsp3) is 0.462. The predicted octanol–water partition coefficient (Wildman–Crippen LogP) is 0.606. The highest BCUT2D eigenvalue weighted by molar-refractivity contribution is 5.78. The van der Waals surface area contributed by atoms with E-state index in [0.717, 1.165) is 24.1 Å². The molecule has 4 nitrogen and oxygen atoms in total. The van der Waals surface area contributed by atoms with E-state index in [1.807, 2.05) is 4.90 Å². The second kappa shape index (κ2) is 5.93. The number of carbonyl (C=O) groups is 1. The van der Waals surface area contributed by atoms with Crippen LogP contribution in [-0.2, 0) is 17.9 Å². The van der Waals surface area contributed by atoms with E-state index < -0.39 is 0 Å². The Labute approximate surface area is 106 Å². The molecule has 1 aliphatic rings. The quantitative estimate of drug-likeness (QED) is 0.827. The lowest BCUT2D eigenvalue weighted by Gasteiger charge is -2.20. The maximum absolute atomic E-state index is 13.3. The highest BCUT2D eigenvalue weighted by Crippen LogP contribution is 2.14. The number of hydrogen-bond acceptors (Lipinski definition) is 3. The van der Waals surface area contributed by atoms with Gasteiger partial charge in [-0.05, 0) is 29.7 Å². The summed E-state index contributed by atoms with van der Waals surface area (Å²) in [6.07, 6.45) is 0.916. The van der Waals surface area contributed by atoms with Gasteiger partial charge in [0.15, 0.2) is 0 Å². The van der Waals surface area contributed by atoms with Gasteiger partial charge in [0, 0.05) is 26.2 Å². The number of carbonyl (C=O) groups excluding carboxylic acids is 1. The van der Waals surface area contributed by atoms with Crippen molar-refractivity contribution in [3.63, 3.8) is 0 Å². The van der Waals surface area contributed by atoms with Gasteiger partial charge >= 0.3 is 0 Å². The number of nitrogens with two attached hydrogens (primary N) is 1. The van der Waals surface area contributed by atoms with E-state index in [2.05, 4.69) is 5.32 Å². The minimum Gasteiger partial charge on any atom is -0.355 e. The van der Waals surface area contributed by atoms with Gasteiger partial charge in [0.1, 0.15) is 5.82 Å². The Morgan fingerprint density at radius 3 is 3.00 bits per heavy atom. The Kier molecular flexibility index (Phi) is 4.28. The molecule has 98 valence electrons. The Hall–Kier alpha value is -1.46. The molecule has 1 fully saturated rings. The van der Waals surface area contributed by atoms with Crippen molar-refractivity contribution in [3.8, 4) is 0 Å². The van der Waals surface area contributed by atoms with Gasteiger partial charge in [0.2, 0.25) is 5.91 Å². The molecule has 0 aromatic heterocycles. The fourth-order valence-electron chi connectivity index (χ4n) is 2.19. The zero-order chi connectivity index (χ0) is 13.0. The third-order valence-electron chi connectivity index (χ3n) is 3.12. The first-order chi connectivity index (χ1) is 8.69. The third-order valence-corrected chi connectivity index (χ3v) is 3.12. The van der Waals surface area contributed by atoms with Gasteiger partial charge in [-0.15, -0.1) is 0 Å². The van der Waals surface area contributed by atoms with Crippen molar-refractivity contribution in [1.29, 1.82) is 0 Å². The summed E-state index contributed by atoms with van der Waals surface area (Å²) in [5, 5.41) is 2.82. The van der Waals surface area contributed by atoms with Crippen molar-refractivity contribution >= 4 is 5.91 Å². The number of rotatable bonds is 3. The first kappa shape index (κ1) is 13.0. The molecule has 2 rings (SSSR count). The van der Waals surface area contributed by atoms with Crippen LogP contribution in [0.25, 0.3) is 0 Å². The molecule has 1 aromatic carbocycles. The van der Waals surface area contributed by atoms with Crippen LogP contribution >= 0.6 is 0 Å². The highest BCUT2D eigenvalue weighted by Gasteiger charge is 2.16. The Morgan fingerprint density at radius 2 is 2.22 bits per heavy atom. The summed E-state index contributed by atoms with van der Waals surface area (Å²) in [7, 11) is 0. The molecule has 1 saturated heterocycles. The Morgan fingerprint density at radius 1 is 1.39 bits per heavy atom. The van der Waals surface area contributed by atoms with Crippen LogP contribution in [0.15, 0.2) is 18.2 Å². The number of amides is 1. The summed E-state index contributed by atoms with van der Waals surface area (Å²) in [6, 6.07) is 4.63. The molecule has 5 heteroatoms. The van der Waals surface area contributed by atoms with Gasteiger partial charge in [0.05, 0.1) is 6.54 Å². The maximum Gasteiger partial charge on any atom is 0.234 e. The SMILES string of the molecule is NCc1ccc(F)cc1CN1CCCNC(=O)C1. The van der Waals surface area contributed by atoms with Crippen molar-refractivity contribution in [2.45, 2.75) is 19.5 Å². The third kappa shape index (κ3) is 3.27. The van der Waals surface area contributed by atoms with Crippen molar-refractivity contribution in [1.82, 2.24) is 10.2 Å². The largest absolute Gasteiger partial charge is 0.355 e. The van der Waals surface area contributed by atoms with Crippen LogP contribution in [0.1, 0.15) is 17.5 Å². The number of hydrogen-bond donors (Lipinski definition) is 2. The molecule has 0 saturated carbocycles. The minimum absolute atomic E-state index is 0.0261. The molecule has 0 spiro atoms. The standard InChI is InChI=1S/C13H18FN3O/c14-12-3-2-10(7-15)11(6-12)8-17-5-1-4-16-13(18)9-17/h2-3,6H,1,4-5,7-9,15H2,(H,16,18). The van der Waals surface area contributed by atoms with Crippen LogP contribution in [-0.4, -0.2) is 30.4 Å². The van der Waals surface area contributed by atoms with Crippen molar-refractivity contribution in [2.24, 2.45) is 5.73 Å². The van der Waals surface area contributed by atoms with Crippen LogP contribution < -0.4 is 11.1 Å². The van der Waals surface area contributed by atoms with Crippen molar-refractivity contribution in [3.05, 3.63) is 35.1 Å². The van der Waals surface area contributed by atoms with Crippen LogP contribution in [0.4, 0.5) is 4.39 Å². The van der Waals surface area contributed by atoms with Crippen LogP contribution in [0, 0.1) is 5.82 Å². The molecule has 1 amide bonds. The smallest absolute Gasteiger partial charge is 0.234 e. The lowest BCUT2D eigenvalue weighted by molar-refractivity contribution is -0.121. The monoisotopic (exact) mass is 251 g/mol. The summed E-state index contributed by atoms with van der Waals surface area (Å²) >= 11 is 0. The zero-order valence-corrected chi connectivity index (χ0v) is 10.3. The predicted molar refractivity (Wildman–Crippen MR) is 67.2 cm³/mol. The normalized spacial score (nSPS) is 17.3. The Bertz CT molecular complexity index is 436. The fourth-order valence-corrected chi connectivity index (χ4v) is 2.19. The molecule has 1 aliphatic heterocycles. The first-order valence-corrected chi connectivity index (χ1v) is 6.15. The maximum atomic E-state index is 13.3. The van der Waals surface area contributed by atoms with E-state index in [1.54, 1.807) is 6.07 Å². The molecule has 0 bridgehead atoms. The number of benzene rings is 1. The first-order valence-electron chi connectivity index (χ1n) is 6.15. The van der Waals surface area contributed by atoms with Crippen molar-refractivity contribution in [2.75, 3.05) is 19.6 Å². The van der Waals surface area contributed by atoms with Gasteiger partial charge in [0.25, 0.3) is 0 Å². The molecule has 0 radical (unpaired) electrons. The second-order valence-corrected chi connectivity index (χ2v) is 4.53. The molecular weight excluding hydrogens is 233 g/mol. The van der Waals surface area contributed by atoms with Crippen LogP contribution in [0.3, 0.4) is 0 Å². The van der Waals surface area contributed by atoms with E-state index in [9.17, 15) is 9.18 Å². The van der Waals surface area contributed by atoms with E-state index >= 15 is 0 Å². The van der Waals surface area contributed by atoms with E-state index in [0.29, 0.717) is 26.2 Å². The minimum atomic E-state index is -0.263. The molecule has 1 aromatic rings. The molecule has 18 heavy (non-hydrogen) atoms. The molecule has 0 atom stereocenters. The van der Waals surface area contributed by atoms with E-state index in [-0.39, 0.29) is 11.7 Å². The lowest BCUT2D eigenvalue weighted by Crippen LogP contribution is -2.33. The van der Waals surface area contributed by atoms with E-state index in [4.69, 9.17) is 5.73 Å². The van der Waals surface area contributed by atoms with Crippen LogP contribution in [0.2, 0.25) is 0 Å². The van der Waals surface area contributed by atoms with Gasteiger partial charge < -0.3 is 11.1 Å². The summed E-state index contributed by atoms with van der Waals surface area (Å²) in [6.45, 7) is 2.86. The van der Waals surface area contributed by atoms with Gasteiger partial charge in [-0.3, -0.25) is 9.69 Å². The van der Waals surface area contributed by atoms with Crippen LogP contribution in [0.5, 0.6) is 0 Å². The number of nitrogens with one attached hydrogen (secondary N) is 1. The number of nitrogens with zero attached hydrogens (tertiary/aromatic N) is 1. The molecule has 3 N–H and O–H groups in total. The average Bonchev–Trinajstić information content (AvgIpc) is 2.54. The Balaban J connectivity index is 2.12. The van der Waals surface area contributed by atoms with E-state index in [1.165, 1.54) is 12.1 Å². The summed E-state index contributed by atoms with van der Waals surface area (Å²) in [5.41, 5.74) is 7.44. The summed E-state index contributed by atoms with van der Waals surface area (Å²) < 4.78 is 13.3. The lowest BCUT2D eigenvalue weighted by atomic mass is 10.1. The summed E-state index contributed by atoms with van der Waals surface area (Å²) in [5.74, 6) is -0.236. The molecule has 1 heterocycles. The highest BCUT2D eigenvalue weighted by atomic mass is 19.1.